The van der Waals surface area contributed by atoms with Crippen LogP contribution in [0.1, 0.15) is 30.1 Å². The van der Waals surface area contributed by atoms with E-state index >= 15 is 0 Å². The average molecular weight is 283 g/mol. The number of ketones is 1. The van der Waals surface area contributed by atoms with Crippen molar-refractivity contribution in [3.8, 4) is 0 Å². The minimum Gasteiger partial charge on any atom is -0.377 e. The first-order valence-corrected chi connectivity index (χ1v) is 7.84. The smallest absolute Gasteiger partial charge is 0.235 e. The van der Waals surface area contributed by atoms with Crippen LogP contribution >= 0.6 is 0 Å². The van der Waals surface area contributed by atoms with Crippen LogP contribution in [0.3, 0.4) is 0 Å². The van der Waals surface area contributed by atoms with Gasteiger partial charge in [0.25, 0.3) is 0 Å². The molecule has 0 spiro atoms. The van der Waals surface area contributed by atoms with E-state index in [0.717, 1.165) is 12.8 Å². The van der Waals surface area contributed by atoms with Crippen LogP contribution in [-0.4, -0.2) is 32.7 Å². The summed E-state index contributed by atoms with van der Waals surface area (Å²) < 4.78 is 31.7. The average Bonchev–Trinajstić information content (AvgIpc) is 2.80. The number of sulfonamides is 1. The Bertz CT molecular complexity index is 562. The number of ether oxygens (including phenoxy) is 1. The first kappa shape index (κ1) is 14.0. The number of carbonyl (C=O) groups excluding carboxylic acids is 1. The van der Waals surface area contributed by atoms with E-state index in [4.69, 9.17) is 4.74 Å². The van der Waals surface area contributed by atoms with Gasteiger partial charge in [-0.25, -0.2) is 8.42 Å². The molecule has 0 bridgehead atoms. The number of rotatable bonds is 5. The lowest BCUT2D eigenvalue weighted by Crippen LogP contribution is -2.25. The molecule has 1 unspecified atom stereocenters. The van der Waals surface area contributed by atoms with Crippen molar-refractivity contribution in [3.05, 3.63) is 29.8 Å². The fourth-order valence-corrected chi connectivity index (χ4v) is 3.37. The van der Waals surface area contributed by atoms with Crippen molar-refractivity contribution < 1.29 is 17.9 Å². The summed E-state index contributed by atoms with van der Waals surface area (Å²) in [5, 5.41) is 0. The van der Waals surface area contributed by atoms with Gasteiger partial charge in [-0.2, -0.15) is 0 Å². The van der Waals surface area contributed by atoms with E-state index in [1.807, 2.05) is 0 Å². The van der Waals surface area contributed by atoms with Gasteiger partial charge in [0.15, 0.2) is 5.78 Å². The van der Waals surface area contributed by atoms with Gasteiger partial charge in [0, 0.05) is 17.9 Å². The van der Waals surface area contributed by atoms with Gasteiger partial charge in [0.2, 0.25) is 10.0 Å². The highest BCUT2D eigenvalue weighted by molar-refractivity contribution is 7.92. The fraction of sp³-hybridized carbons (Fsp3) is 0.462. The molecule has 0 aromatic heterocycles. The Morgan fingerprint density at radius 1 is 1.47 bits per heavy atom. The van der Waals surface area contributed by atoms with Gasteiger partial charge in [-0.1, -0.05) is 12.1 Å². The van der Waals surface area contributed by atoms with E-state index in [-0.39, 0.29) is 17.6 Å². The Kier molecular flexibility index (Phi) is 4.21. The molecular formula is C13H17NO4S. The van der Waals surface area contributed by atoms with Crippen LogP contribution in [0, 0.1) is 0 Å². The quantitative estimate of drug-likeness (QED) is 0.836. The largest absolute Gasteiger partial charge is 0.377 e. The summed E-state index contributed by atoms with van der Waals surface area (Å²) in [6.45, 7) is 2.07. The van der Waals surface area contributed by atoms with Crippen molar-refractivity contribution >= 4 is 21.5 Å². The lowest BCUT2D eigenvalue weighted by molar-refractivity contribution is 0.101. The number of anilines is 1. The number of carbonyl (C=O) groups is 1. The van der Waals surface area contributed by atoms with Crippen molar-refractivity contribution in [1.82, 2.24) is 0 Å². The molecule has 1 saturated heterocycles. The molecule has 2 rings (SSSR count). The van der Waals surface area contributed by atoms with Crippen molar-refractivity contribution in [2.24, 2.45) is 0 Å². The number of hydrogen-bond acceptors (Lipinski definition) is 4. The molecule has 1 N–H and O–H groups in total. The maximum absolute atomic E-state index is 12.0. The standard InChI is InChI=1S/C13H17NO4S/c1-10(15)11-4-2-5-12(8-11)14-19(16,17)9-13-6-3-7-18-13/h2,4-5,8,13-14H,3,6-7,9H2,1H3. The van der Waals surface area contributed by atoms with E-state index in [1.165, 1.54) is 13.0 Å². The van der Waals surface area contributed by atoms with Crippen LogP contribution in [0.2, 0.25) is 0 Å². The molecule has 1 aliphatic heterocycles. The molecule has 1 aliphatic rings. The van der Waals surface area contributed by atoms with E-state index < -0.39 is 10.0 Å². The maximum Gasteiger partial charge on any atom is 0.235 e. The van der Waals surface area contributed by atoms with Gasteiger partial charge in [-0.3, -0.25) is 9.52 Å². The Labute approximate surface area is 113 Å². The Morgan fingerprint density at radius 2 is 2.26 bits per heavy atom. The molecule has 1 fully saturated rings. The van der Waals surface area contributed by atoms with Gasteiger partial charge in [-0.05, 0) is 31.9 Å². The molecule has 5 nitrogen and oxygen atoms in total. The summed E-state index contributed by atoms with van der Waals surface area (Å²) in [5.74, 6) is -0.141. The predicted octanol–water partition coefficient (Wildman–Crippen LogP) is 1.81. The van der Waals surface area contributed by atoms with Crippen molar-refractivity contribution in [1.29, 1.82) is 0 Å². The molecule has 0 aliphatic carbocycles. The molecule has 1 atom stereocenters. The number of Topliss-reactive ketones (excluding diaryl/α,β-unsaturated/α-hetero) is 1. The van der Waals surface area contributed by atoms with Crippen LogP contribution in [0.5, 0.6) is 0 Å². The highest BCUT2D eigenvalue weighted by Gasteiger charge is 2.23. The lowest BCUT2D eigenvalue weighted by Gasteiger charge is -2.12. The highest BCUT2D eigenvalue weighted by atomic mass is 32.2. The monoisotopic (exact) mass is 283 g/mol. The van der Waals surface area contributed by atoms with Crippen LogP contribution in [0.25, 0.3) is 0 Å². The minimum atomic E-state index is -3.45. The molecule has 104 valence electrons. The number of hydrogen-bond donors (Lipinski definition) is 1. The predicted molar refractivity (Wildman–Crippen MR) is 72.8 cm³/mol. The topological polar surface area (TPSA) is 72.5 Å². The zero-order chi connectivity index (χ0) is 13.9. The second-order valence-electron chi connectivity index (χ2n) is 4.66. The van der Waals surface area contributed by atoms with Crippen LogP contribution in [0.4, 0.5) is 5.69 Å². The summed E-state index contributed by atoms with van der Waals surface area (Å²) in [6, 6.07) is 6.47. The second-order valence-corrected chi connectivity index (χ2v) is 6.42. The molecule has 6 heteroatoms. The van der Waals surface area contributed by atoms with Gasteiger partial charge in [0.05, 0.1) is 11.9 Å². The Morgan fingerprint density at radius 3 is 2.89 bits per heavy atom. The molecule has 1 aromatic carbocycles. The third-order valence-corrected chi connectivity index (χ3v) is 4.33. The van der Waals surface area contributed by atoms with Crippen molar-refractivity contribution in [3.63, 3.8) is 0 Å². The van der Waals surface area contributed by atoms with Gasteiger partial charge in [0.1, 0.15) is 0 Å². The van der Waals surface area contributed by atoms with Gasteiger partial charge < -0.3 is 4.74 Å². The fourth-order valence-electron chi connectivity index (χ4n) is 2.04. The summed E-state index contributed by atoms with van der Waals surface area (Å²) >= 11 is 0. The normalized spacial score (nSPS) is 19.3. The maximum atomic E-state index is 12.0. The van der Waals surface area contributed by atoms with Crippen molar-refractivity contribution in [2.75, 3.05) is 17.1 Å². The highest BCUT2D eigenvalue weighted by Crippen LogP contribution is 2.17. The lowest BCUT2D eigenvalue weighted by atomic mass is 10.1. The third-order valence-electron chi connectivity index (χ3n) is 2.97. The van der Waals surface area contributed by atoms with E-state index in [2.05, 4.69) is 4.72 Å². The van der Waals surface area contributed by atoms with Gasteiger partial charge >= 0.3 is 0 Å². The molecule has 0 saturated carbocycles. The molecule has 0 radical (unpaired) electrons. The van der Waals surface area contributed by atoms with E-state index in [1.54, 1.807) is 18.2 Å². The van der Waals surface area contributed by atoms with E-state index in [0.29, 0.717) is 17.9 Å². The molecule has 1 aromatic rings. The Balaban J connectivity index is 2.06. The third kappa shape index (κ3) is 4.04. The second kappa shape index (κ2) is 5.71. The first-order chi connectivity index (χ1) is 8.96. The zero-order valence-electron chi connectivity index (χ0n) is 10.8. The Hall–Kier alpha value is -1.40. The van der Waals surface area contributed by atoms with Gasteiger partial charge in [-0.15, -0.1) is 0 Å². The summed E-state index contributed by atoms with van der Waals surface area (Å²) in [5.41, 5.74) is 0.892. The molecular weight excluding hydrogens is 266 g/mol. The molecule has 0 amide bonds. The van der Waals surface area contributed by atoms with Crippen LogP contribution in [-0.2, 0) is 14.8 Å². The molecule has 1 heterocycles. The minimum absolute atomic E-state index is 0.0443. The number of benzene rings is 1. The van der Waals surface area contributed by atoms with Crippen molar-refractivity contribution in [2.45, 2.75) is 25.9 Å². The SMILES string of the molecule is CC(=O)c1cccc(NS(=O)(=O)CC2CCCO2)c1. The number of nitrogens with one attached hydrogen (secondary N) is 1. The zero-order valence-corrected chi connectivity index (χ0v) is 11.6. The summed E-state index contributed by atoms with van der Waals surface area (Å²) in [6.07, 6.45) is 1.45. The molecule has 19 heavy (non-hydrogen) atoms. The van der Waals surface area contributed by atoms with Crippen LogP contribution in [0.15, 0.2) is 24.3 Å². The van der Waals surface area contributed by atoms with E-state index in [9.17, 15) is 13.2 Å². The first-order valence-electron chi connectivity index (χ1n) is 6.19. The van der Waals surface area contributed by atoms with Crippen LogP contribution < -0.4 is 4.72 Å². The summed E-state index contributed by atoms with van der Waals surface area (Å²) in [4.78, 5) is 11.2. The summed E-state index contributed by atoms with van der Waals surface area (Å²) in [7, 11) is -3.45.